The van der Waals surface area contributed by atoms with Crippen molar-refractivity contribution in [3.8, 4) is 0 Å². The highest BCUT2D eigenvalue weighted by atomic mass is 32.1. The van der Waals surface area contributed by atoms with Gasteiger partial charge in [0, 0.05) is 6.20 Å². The number of hydrogen-bond acceptors (Lipinski definition) is 3. The summed E-state index contributed by atoms with van der Waals surface area (Å²) >= 11 is 1.54. The van der Waals surface area contributed by atoms with Crippen molar-refractivity contribution in [1.82, 2.24) is 4.98 Å². The number of thiophene rings is 1. The summed E-state index contributed by atoms with van der Waals surface area (Å²) in [6.45, 7) is 2.22. The van der Waals surface area contributed by atoms with E-state index in [1.165, 1.54) is 0 Å². The van der Waals surface area contributed by atoms with Crippen molar-refractivity contribution in [3.63, 3.8) is 0 Å². The molecule has 0 bridgehead atoms. The van der Waals surface area contributed by atoms with E-state index in [9.17, 15) is 4.79 Å². The Kier molecular flexibility index (Phi) is 2.06. The van der Waals surface area contributed by atoms with Crippen LogP contribution in [0.4, 0.5) is 0 Å². The monoisotopic (exact) mass is 195 g/mol. The van der Waals surface area contributed by atoms with E-state index in [1.54, 1.807) is 24.5 Å². The van der Waals surface area contributed by atoms with Crippen molar-refractivity contribution < 1.29 is 9.53 Å². The Morgan fingerprint density at radius 3 is 3.31 bits per heavy atom. The van der Waals surface area contributed by atoms with Gasteiger partial charge in [0.15, 0.2) is 0 Å². The molecule has 4 heteroatoms. The van der Waals surface area contributed by atoms with E-state index in [-0.39, 0.29) is 5.97 Å². The predicted octanol–water partition coefficient (Wildman–Crippen LogP) is 2.41. The van der Waals surface area contributed by atoms with Crippen LogP contribution < -0.4 is 0 Å². The number of aromatic amines is 1. The number of H-pyrrole nitrogens is 1. The molecule has 0 saturated heterocycles. The van der Waals surface area contributed by atoms with E-state index >= 15 is 0 Å². The molecule has 2 rings (SSSR count). The zero-order chi connectivity index (χ0) is 9.26. The van der Waals surface area contributed by atoms with E-state index in [2.05, 4.69) is 4.98 Å². The summed E-state index contributed by atoms with van der Waals surface area (Å²) in [5.74, 6) is -0.254. The molecule has 3 nitrogen and oxygen atoms in total. The van der Waals surface area contributed by atoms with Crippen molar-refractivity contribution in [2.45, 2.75) is 6.92 Å². The highest BCUT2D eigenvalue weighted by Crippen LogP contribution is 2.24. The van der Waals surface area contributed by atoms with Crippen LogP contribution in [-0.2, 0) is 4.74 Å². The molecule has 0 aliphatic rings. The van der Waals surface area contributed by atoms with Gasteiger partial charge in [0.25, 0.3) is 0 Å². The second-order valence-corrected chi connectivity index (χ2v) is 3.50. The van der Waals surface area contributed by atoms with E-state index in [4.69, 9.17) is 4.74 Å². The molecule has 0 spiro atoms. The Morgan fingerprint density at radius 2 is 2.54 bits per heavy atom. The highest BCUT2D eigenvalue weighted by molar-refractivity contribution is 7.17. The molecule has 0 radical (unpaired) electrons. The van der Waals surface area contributed by atoms with Crippen molar-refractivity contribution in [3.05, 3.63) is 23.2 Å². The third-order valence-electron chi connectivity index (χ3n) is 1.78. The van der Waals surface area contributed by atoms with Gasteiger partial charge in [-0.3, -0.25) is 0 Å². The van der Waals surface area contributed by atoms with Gasteiger partial charge in [-0.1, -0.05) is 0 Å². The van der Waals surface area contributed by atoms with E-state index in [0.717, 1.165) is 10.2 Å². The number of fused-ring (bicyclic) bond motifs is 1. The lowest BCUT2D eigenvalue weighted by Gasteiger charge is -1.97. The maximum absolute atomic E-state index is 11.4. The fraction of sp³-hybridized carbons (Fsp3) is 0.222. The second-order valence-electron chi connectivity index (χ2n) is 2.59. The quantitative estimate of drug-likeness (QED) is 0.748. The third kappa shape index (κ3) is 1.33. The van der Waals surface area contributed by atoms with Gasteiger partial charge in [0.05, 0.1) is 22.4 Å². The molecule has 0 aromatic carbocycles. The van der Waals surface area contributed by atoms with Crippen LogP contribution in [0.25, 0.3) is 10.2 Å². The molecule has 13 heavy (non-hydrogen) atoms. The minimum absolute atomic E-state index is 0.254. The summed E-state index contributed by atoms with van der Waals surface area (Å²) in [6, 6.07) is 1.95. The van der Waals surface area contributed by atoms with Gasteiger partial charge in [-0.25, -0.2) is 4.79 Å². The van der Waals surface area contributed by atoms with E-state index in [1.807, 2.05) is 11.4 Å². The van der Waals surface area contributed by atoms with Crippen LogP contribution in [0.5, 0.6) is 0 Å². The number of carbonyl (C=O) groups is 1. The number of rotatable bonds is 2. The van der Waals surface area contributed by atoms with Gasteiger partial charge >= 0.3 is 5.97 Å². The summed E-state index contributed by atoms with van der Waals surface area (Å²) in [5, 5.41) is 1.95. The topological polar surface area (TPSA) is 42.1 Å². The second kappa shape index (κ2) is 3.22. The zero-order valence-corrected chi connectivity index (χ0v) is 7.98. The van der Waals surface area contributed by atoms with Crippen molar-refractivity contribution >= 4 is 27.5 Å². The summed E-state index contributed by atoms with van der Waals surface area (Å²) in [7, 11) is 0. The predicted molar refractivity (Wildman–Crippen MR) is 52.1 cm³/mol. The molecular weight excluding hydrogens is 186 g/mol. The van der Waals surface area contributed by atoms with Crippen LogP contribution in [0.3, 0.4) is 0 Å². The summed E-state index contributed by atoms with van der Waals surface area (Å²) in [4.78, 5) is 14.4. The molecule has 0 aliphatic carbocycles. The Balaban J connectivity index is 2.42. The lowest BCUT2D eigenvalue weighted by atomic mass is 10.3. The fourth-order valence-electron chi connectivity index (χ4n) is 1.21. The summed E-state index contributed by atoms with van der Waals surface area (Å²) in [6.07, 6.45) is 1.69. The molecule has 2 aromatic heterocycles. The largest absolute Gasteiger partial charge is 0.462 e. The first-order valence-electron chi connectivity index (χ1n) is 4.04. The lowest BCUT2D eigenvalue weighted by Crippen LogP contribution is -2.02. The Morgan fingerprint density at radius 1 is 1.69 bits per heavy atom. The zero-order valence-electron chi connectivity index (χ0n) is 7.16. The molecule has 0 atom stereocenters. The maximum Gasteiger partial charge on any atom is 0.341 e. The van der Waals surface area contributed by atoms with Gasteiger partial charge in [-0.2, -0.15) is 0 Å². The molecule has 2 heterocycles. The Bertz CT molecular complexity index is 429. The maximum atomic E-state index is 11.4. The van der Waals surface area contributed by atoms with Crippen LogP contribution in [0.2, 0.25) is 0 Å². The van der Waals surface area contributed by atoms with E-state index in [0.29, 0.717) is 12.2 Å². The molecule has 1 N–H and O–H groups in total. The number of ether oxygens (including phenoxy) is 1. The van der Waals surface area contributed by atoms with Crippen LogP contribution >= 0.6 is 11.3 Å². The van der Waals surface area contributed by atoms with Crippen molar-refractivity contribution in [2.75, 3.05) is 6.61 Å². The molecule has 0 aliphatic heterocycles. The molecule has 0 unspecified atom stereocenters. The van der Waals surface area contributed by atoms with Crippen LogP contribution in [0.1, 0.15) is 17.3 Å². The molecule has 0 saturated carbocycles. The first-order valence-corrected chi connectivity index (χ1v) is 4.92. The molecule has 2 aromatic rings. The first kappa shape index (κ1) is 8.31. The normalized spacial score (nSPS) is 10.5. The SMILES string of the molecule is CCOC(=O)c1c[nH]c2ccsc12. The number of carbonyl (C=O) groups excluding carboxylic acids is 1. The van der Waals surface area contributed by atoms with Crippen molar-refractivity contribution in [1.29, 1.82) is 0 Å². The fourth-order valence-corrected chi connectivity index (χ4v) is 2.07. The number of esters is 1. The van der Waals surface area contributed by atoms with Crippen LogP contribution in [0, 0.1) is 0 Å². The van der Waals surface area contributed by atoms with Crippen LogP contribution in [-0.4, -0.2) is 17.6 Å². The average Bonchev–Trinajstić information content (AvgIpc) is 2.62. The first-order chi connectivity index (χ1) is 6.33. The van der Waals surface area contributed by atoms with Gasteiger partial charge in [0.1, 0.15) is 0 Å². The molecule has 68 valence electrons. The molecular formula is C9H9NO2S. The van der Waals surface area contributed by atoms with Gasteiger partial charge < -0.3 is 9.72 Å². The van der Waals surface area contributed by atoms with Gasteiger partial charge in [0.2, 0.25) is 0 Å². The van der Waals surface area contributed by atoms with Crippen molar-refractivity contribution in [2.24, 2.45) is 0 Å². The van der Waals surface area contributed by atoms with Crippen LogP contribution in [0.15, 0.2) is 17.6 Å². The number of hydrogen-bond donors (Lipinski definition) is 1. The highest BCUT2D eigenvalue weighted by Gasteiger charge is 2.13. The van der Waals surface area contributed by atoms with Gasteiger partial charge in [-0.15, -0.1) is 11.3 Å². The molecule has 0 fully saturated rings. The smallest absolute Gasteiger partial charge is 0.341 e. The standard InChI is InChI=1S/C9H9NO2S/c1-2-12-9(11)6-5-10-7-3-4-13-8(6)7/h3-5,10H,2H2,1H3. The summed E-state index contributed by atoms with van der Waals surface area (Å²) < 4.78 is 5.88. The Labute approximate surface area is 79.3 Å². The van der Waals surface area contributed by atoms with E-state index < -0.39 is 0 Å². The summed E-state index contributed by atoms with van der Waals surface area (Å²) in [5.41, 5.74) is 1.62. The Hall–Kier alpha value is -1.29. The molecule has 0 amide bonds. The number of aromatic nitrogens is 1. The lowest BCUT2D eigenvalue weighted by molar-refractivity contribution is 0.0529. The minimum atomic E-state index is -0.254. The van der Waals surface area contributed by atoms with Gasteiger partial charge in [-0.05, 0) is 18.4 Å². The average molecular weight is 195 g/mol. The third-order valence-corrected chi connectivity index (χ3v) is 2.72. The number of nitrogens with one attached hydrogen (secondary N) is 1. The minimum Gasteiger partial charge on any atom is -0.462 e.